The minimum atomic E-state index is -0.500. The normalized spacial score (nSPS) is 10.9. The van der Waals surface area contributed by atoms with Gasteiger partial charge >= 0.3 is 5.97 Å². The van der Waals surface area contributed by atoms with Gasteiger partial charge in [-0.2, -0.15) is 5.11 Å². The number of rotatable bonds is 5. The molecule has 0 amide bonds. The first-order valence-electron chi connectivity index (χ1n) is 8.01. The molecule has 0 saturated heterocycles. The highest BCUT2D eigenvalue weighted by atomic mass is 16.6. The minimum absolute atomic E-state index is 0.0110. The molecule has 0 saturated carbocycles. The molecule has 134 valence electrons. The first-order valence-corrected chi connectivity index (χ1v) is 8.01. The molecule has 3 aromatic rings. The number of carbonyl (C=O) groups excluding carboxylic acids is 1. The van der Waals surface area contributed by atoms with Crippen molar-refractivity contribution in [2.75, 3.05) is 0 Å². The molecule has 0 aliphatic carbocycles. The molecule has 0 radical (unpaired) electrons. The molecule has 3 aromatic carbocycles. The van der Waals surface area contributed by atoms with Crippen molar-refractivity contribution < 1.29 is 14.5 Å². The summed E-state index contributed by atoms with van der Waals surface area (Å²) in [5, 5.41) is 20.5. The maximum Gasteiger partial charge on any atom is 0.338 e. The van der Waals surface area contributed by atoms with Crippen LogP contribution in [0.4, 0.5) is 17.1 Å². The van der Waals surface area contributed by atoms with Crippen molar-refractivity contribution in [3.05, 3.63) is 82.9 Å². The van der Waals surface area contributed by atoms with E-state index in [9.17, 15) is 14.9 Å². The molecule has 7 heteroatoms. The fraction of sp³-hybridized carbons (Fsp3) is 0.0500. The summed E-state index contributed by atoms with van der Waals surface area (Å²) in [6.07, 6.45) is 0. The van der Waals surface area contributed by atoms with Gasteiger partial charge in [0.2, 0.25) is 0 Å². The molecule has 0 bridgehead atoms. The average molecular weight is 361 g/mol. The molecule has 7 nitrogen and oxygen atoms in total. The molecular weight excluding hydrogens is 346 g/mol. The molecule has 0 N–H and O–H groups in total. The van der Waals surface area contributed by atoms with Crippen molar-refractivity contribution >= 4 is 33.8 Å². The van der Waals surface area contributed by atoms with Gasteiger partial charge in [0.1, 0.15) is 5.75 Å². The Bertz CT molecular complexity index is 1070. The predicted octanol–water partition coefficient (Wildman–Crippen LogP) is 5.64. The lowest BCUT2D eigenvalue weighted by Gasteiger charge is -2.09. The number of benzene rings is 3. The first-order chi connectivity index (χ1) is 13.0. The maximum atomic E-state index is 11.8. The van der Waals surface area contributed by atoms with Crippen LogP contribution in [-0.2, 0) is 4.79 Å². The SMILES string of the molecule is C=C(C)C(=O)Oc1ccc(N=Nc2ccc([N+](=O)[O-])cc2)c2ccccc12. The Morgan fingerprint density at radius 1 is 1.00 bits per heavy atom. The van der Waals surface area contributed by atoms with Crippen LogP contribution >= 0.6 is 0 Å². The van der Waals surface area contributed by atoms with E-state index in [-0.39, 0.29) is 5.69 Å². The summed E-state index contributed by atoms with van der Waals surface area (Å²) in [4.78, 5) is 22.0. The van der Waals surface area contributed by atoms with Crippen molar-refractivity contribution in [2.24, 2.45) is 10.2 Å². The average Bonchev–Trinajstić information content (AvgIpc) is 2.67. The molecule has 0 fully saturated rings. The van der Waals surface area contributed by atoms with Crippen LogP contribution in [0.5, 0.6) is 5.75 Å². The van der Waals surface area contributed by atoms with E-state index in [1.807, 2.05) is 24.3 Å². The topological polar surface area (TPSA) is 94.2 Å². The Morgan fingerprint density at radius 3 is 2.30 bits per heavy atom. The highest BCUT2D eigenvalue weighted by molar-refractivity contribution is 5.99. The number of fused-ring (bicyclic) bond motifs is 1. The molecule has 0 aliphatic heterocycles. The number of nitrogens with zero attached hydrogens (tertiary/aromatic N) is 3. The standard InChI is InChI=1S/C20H15N3O4/c1-13(2)20(24)27-19-12-11-18(16-5-3-4-6-17(16)19)22-21-14-7-9-15(10-8-14)23(25)26/h3-12H,1H2,2H3. The molecule has 0 heterocycles. The quantitative estimate of drug-likeness (QED) is 0.147. The molecule has 0 aliphatic rings. The molecule has 0 spiro atoms. The Kier molecular flexibility index (Phi) is 5.03. The third kappa shape index (κ3) is 4.04. The lowest BCUT2D eigenvalue weighted by atomic mass is 10.1. The van der Waals surface area contributed by atoms with Crippen LogP contribution in [0.2, 0.25) is 0 Å². The number of hydrogen-bond donors (Lipinski definition) is 0. The predicted molar refractivity (Wildman–Crippen MR) is 102 cm³/mol. The van der Waals surface area contributed by atoms with Gasteiger partial charge in [0.05, 0.1) is 16.3 Å². The lowest BCUT2D eigenvalue weighted by Crippen LogP contribution is -2.08. The van der Waals surface area contributed by atoms with Crippen LogP contribution in [0.25, 0.3) is 10.8 Å². The molecule has 3 rings (SSSR count). The van der Waals surface area contributed by atoms with E-state index in [0.29, 0.717) is 28.1 Å². The van der Waals surface area contributed by atoms with Crippen LogP contribution in [0.3, 0.4) is 0 Å². The number of non-ortho nitro benzene ring substituents is 1. The van der Waals surface area contributed by atoms with E-state index in [0.717, 1.165) is 5.39 Å². The molecular formula is C20H15N3O4. The van der Waals surface area contributed by atoms with Gasteiger partial charge in [0.15, 0.2) is 0 Å². The van der Waals surface area contributed by atoms with Crippen molar-refractivity contribution in [1.29, 1.82) is 0 Å². The lowest BCUT2D eigenvalue weighted by molar-refractivity contribution is -0.384. The summed E-state index contributed by atoms with van der Waals surface area (Å²) in [6.45, 7) is 5.16. The summed E-state index contributed by atoms with van der Waals surface area (Å²) in [7, 11) is 0. The van der Waals surface area contributed by atoms with Crippen LogP contribution < -0.4 is 4.74 Å². The van der Waals surface area contributed by atoms with Crippen LogP contribution in [-0.4, -0.2) is 10.9 Å². The summed E-state index contributed by atoms with van der Waals surface area (Å²) in [5.74, 6) is -0.0895. The van der Waals surface area contributed by atoms with E-state index in [4.69, 9.17) is 4.74 Å². The van der Waals surface area contributed by atoms with Gasteiger partial charge in [-0.1, -0.05) is 30.8 Å². The van der Waals surface area contributed by atoms with Crippen molar-refractivity contribution in [1.82, 2.24) is 0 Å². The van der Waals surface area contributed by atoms with E-state index < -0.39 is 10.9 Å². The third-order valence-electron chi connectivity index (χ3n) is 3.75. The summed E-state index contributed by atoms with van der Waals surface area (Å²) < 4.78 is 5.37. The second-order valence-corrected chi connectivity index (χ2v) is 5.77. The summed E-state index contributed by atoms with van der Waals surface area (Å²) >= 11 is 0. The zero-order valence-corrected chi connectivity index (χ0v) is 14.5. The van der Waals surface area contributed by atoms with E-state index in [2.05, 4.69) is 16.8 Å². The van der Waals surface area contributed by atoms with E-state index >= 15 is 0 Å². The van der Waals surface area contributed by atoms with Gasteiger partial charge in [0, 0.05) is 28.5 Å². The van der Waals surface area contributed by atoms with Gasteiger partial charge in [-0.3, -0.25) is 10.1 Å². The van der Waals surface area contributed by atoms with Crippen molar-refractivity contribution in [3.8, 4) is 5.75 Å². The summed E-state index contributed by atoms with van der Waals surface area (Å²) in [6, 6.07) is 16.5. The zero-order valence-electron chi connectivity index (χ0n) is 14.5. The van der Waals surface area contributed by atoms with E-state index in [1.165, 1.54) is 24.3 Å². The third-order valence-corrected chi connectivity index (χ3v) is 3.75. The van der Waals surface area contributed by atoms with Crippen LogP contribution in [0, 0.1) is 10.1 Å². The summed E-state index contributed by atoms with van der Waals surface area (Å²) in [5.41, 5.74) is 1.37. The Labute approximate surface area is 154 Å². The number of ether oxygens (including phenoxy) is 1. The van der Waals surface area contributed by atoms with Gasteiger partial charge in [-0.25, -0.2) is 4.79 Å². The number of nitro benzene ring substituents is 1. The van der Waals surface area contributed by atoms with Crippen LogP contribution in [0.15, 0.2) is 83.0 Å². The Morgan fingerprint density at radius 2 is 1.67 bits per heavy atom. The molecule has 27 heavy (non-hydrogen) atoms. The number of azo groups is 1. The van der Waals surface area contributed by atoms with Crippen molar-refractivity contribution in [2.45, 2.75) is 6.92 Å². The largest absolute Gasteiger partial charge is 0.423 e. The first kappa shape index (κ1) is 17.9. The monoisotopic (exact) mass is 361 g/mol. The Balaban J connectivity index is 1.94. The molecule has 0 unspecified atom stereocenters. The highest BCUT2D eigenvalue weighted by Crippen LogP contribution is 2.34. The van der Waals surface area contributed by atoms with Gasteiger partial charge < -0.3 is 4.74 Å². The van der Waals surface area contributed by atoms with Crippen LogP contribution in [0.1, 0.15) is 6.92 Å². The second kappa shape index (κ2) is 7.57. The minimum Gasteiger partial charge on any atom is -0.423 e. The Hall–Kier alpha value is -3.87. The highest BCUT2D eigenvalue weighted by Gasteiger charge is 2.11. The molecule has 0 atom stereocenters. The smallest absolute Gasteiger partial charge is 0.338 e. The number of nitro groups is 1. The van der Waals surface area contributed by atoms with E-state index in [1.54, 1.807) is 19.1 Å². The molecule has 0 aromatic heterocycles. The maximum absolute atomic E-state index is 11.8. The fourth-order valence-electron chi connectivity index (χ4n) is 2.37. The zero-order chi connectivity index (χ0) is 19.4. The van der Waals surface area contributed by atoms with Gasteiger partial charge in [0.25, 0.3) is 5.69 Å². The number of carbonyl (C=O) groups is 1. The van der Waals surface area contributed by atoms with Gasteiger partial charge in [-0.15, -0.1) is 5.11 Å². The van der Waals surface area contributed by atoms with Crippen molar-refractivity contribution in [3.63, 3.8) is 0 Å². The number of hydrogen-bond acceptors (Lipinski definition) is 6. The second-order valence-electron chi connectivity index (χ2n) is 5.77. The van der Waals surface area contributed by atoms with Gasteiger partial charge in [-0.05, 0) is 31.2 Å². The number of esters is 1. The fourth-order valence-corrected chi connectivity index (χ4v) is 2.37.